The predicted molar refractivity (Wildman–Crippen MR) is 45.3 cm³/mol. The first-order valence-corrected chi connectivity index (χ1v) is 4.90. The average Bonchev–Trinajstić information content (AvgIpc) is 2.29. The number of fused-ring (bicyclic) bond motifs is 1. The van der Waals surface area contributed by atoms with Gasteiger partial charge < -0.3 is 5.11 Å². The summed E-state index contributed by atoms with van der Waals surface area (Å²) in [4.78, 5) is 0. The van der Waals surface area contributed by atoms with Crippen LogP contribution in [0.15, 0.2) is 0 Å². The Kier molecular flexibility index (Phi) is 1.71. The van der Waals surface area contributed by atoms with Crippen LogP contribution in [0.4, 0.5) is 0 Å². The van der Waals surface area contributed by atoms with Crippen LogP contribution >= 0.6 is 0 Å². The van der Waals surface area contributed by atoms with Gasteiger partial charge in [-0.25, -0.2) is 0 Å². The van der Waals surface area contributed by atoms with Crippen molar-refractivity contribution < 1.29 is 5.11 Å². The number of hydrogen-bond donors (Lipinski definition) is 1. The maximum absolute atomic E-state index is 9.69. The van der Waals surface area contributed by atoms with Crippen molar-refractivity contribution in [3.8, 4) is 0 Å². The Bertz CT molecular complexity index is 151. The van der Waals surface area contributed by atoms with Crippen LogP contribution in [0.1, 0.15) is 45.4 Å². The van der Waals surface area contributed by atoms with Crippen LogP contribution in [0.25, 0.3) is 0 Å². The van der Waals surface area contributed by atoms with E-state index in [1.165, 1.54) is 32.1 Å². The van der Waals surface area contributed by atoms with E-state index in [0.717, 1.165) is 6.42 Å². The van der Waals surface area contributed by atoms with Crippen LogP contribution in [-0.2, 0) is 0 Å². The summed E-state index contributed by atoms with van der Waals surface area (Å²) < 4.78 is 0. The summed E-state index contributed by atoms with van der Waals surface area (Å²) >= 11 is 0. The molecule has 2 fully saturated rings. The Hall–Kier alpha value is -0.0400. The SMILES string of the molecule is C[C@]12CCCC[C@H]1[C@H](O)CC2. The molecule has 0 aliphatic heterocycles. The molecular weight excluding hydrogens is 136 g/mol. The molecule has 2 rings (SSSR count). The zero-order chi connectivity index (χ0) is 7.90. The van der Waals surface area contributed by atoms with Crippen molar-refractivity contribution in [3.63, 3.8) is 0 Å². The van der Waals surface area contributed by atoms with Crippen LogP contribution in [0.3, 0.4) is 0 Å². The molecule has 2 aliphatic carbocycles. The summed E-state index contributed by atoms with van der Waals surface area (Å²) in [5.74, 6) is 0.635. The van der Waals surface area contributed by atoms with Crippen molar-refractivity contribution in [1.82, 2.24) is 0 Å². The van der Waals surface area contributed by atoms with Gasteiger partial charge >= 0.3 is 0 Å². The zero-order valence-electron chi connectivity index (χ0n) is 7.34. The Morgan fingerprint density at radius 1 is 1.18 bits per heavy atom. The van der Waals surface area contributed by atoms with E-state index in [4.69, 9.17) is 0 Å². The topological polar surface area (TPSA) is 20.2 Å². The van der Waals surface area contributed by atoms with Gasteiger partial charge in [0.05, 0.1) is 6.10 Å². The Balaban J connectivity index is 2.14. The maximum Gasteiger partial charge on any atom is 0.0573 e. The molecule has 1 heteroatoms. The van der Waals surface area contributed by atoms with Crippen molar-refractivity contribution in [2.24, 2.45) is 11.3 Å². The second-order valence-corrected chi connectivity index (χ2v) is 4.61. The molecule has 0 amide bonds. The normalized spacial score (nSPS) is 50.7. The summed E-state index contributed by atoms with van der Waals surface area (Å²) in [6.45, 7) is 2.37. The summed E-state index contributed by atoms with van der Waals surface area (Å²) in [6, 6.07) is 0. The second kappa shape index (κ2) is 2.48. The van der Waals surface area contributed by atoms with Gasteiger partial charge in [-0.3, -0.25) is 0 Å². The molecule has 2 aliphatic rings. The predicted octanol–water partition coefficient (Wildman–Crippen LogP) is 2.34. The third-order valence-corrected chi connectivity index (χ3v) is 3.88. The summed E-state index contributed by atoms with van der Waals surface area (Å²) in [5, 5.41) is 9.69. The molecule has 11 heavy (non-hydrogen) atoms. The number of hydrogen-bond acceptors (Lipinski definition) is 1. The van der Waals surface area contributed by atoms with Crippen LogP contribution in [0.2, 0.25) is 0 Å². The smallest absolute Gasteiger partial charge is 0.0573 e. The van der Waals surface area contributed by atoms with Gasteiger partial charge in [0.1, 0.15) is 0 Å². The fraction of sp³-hybridized carbons (Fsp3) is 1.00. The lowest BCUT2D eigenvalue weighted by Gasteiger charge is -2.37. The highest BCUT2D eigenvalue weighted by molar-refractivity contribution is 4.95. The monoisotopic (exact) mass is 154 g/mol. The Labute approximate surface area is 68.8 Å². The van der Waals surface area contributed by atoms with Gasteiger partial charge in [0.15, 0.2) is 0 Å². The molecule has 1 nitrogen and oxygen atoms in total. The molecule has 0 spiro atoms. The maximum atomic E-state index is 9.69. The van der Waals surface area contributed by atoms with E-state index in [2.05, 4.69) is 6.92 Å². The van der Waals surface area contributed by atoms with Crippen LogP contribution in [0.5, 0.6) is 0 Å². The van der Waals surface area contributed by atoms with Crippen LogP contribution in [0, 0.1) is 11.3 Å². The molecule has 64 valence electrons. The van der Waals surface area contributed by atoms with Crippen molar-refractivity contribution in [2.75, 3.05) is 0 Å². The molecule has 2 saturated carbocycles. The quantitative estimate of drug-likeness (QED) is 0.568. The minimum atomic E-state index is 0.0281. The molecule has 0 unspecified atom stereocenters. The lowest BCUT2D eigenvalue weighted by Crippen LogP contribution is -2.30. The fourth-order valence-corrected chi connectivity index (χ4v) is 3.07. The number of aliphatic hydroxyl groups is 1. The van der Waals surface area contributed by atoms with E-state index in [1.54, 1.807) is 0 Å². The Morgan fingerprint density at radius 3 is 2.73 bits per heavy atom. The van der Waals surface area contributed by atoms with E-state index in [-0.39, 0.29) is 6.10 Å². The van der Waals surface area contributed by atoms with Gasteiger partial charge in [0, 0.05) is 0 Å². The third kappa shape index (κ3) is 1.10. The minimum absolute atomic E-state index is 0.0281. The van der Waals surface area contributed by atoms with Gasteiger partial charge in [0.2, 0.25) is 0 Å². The molecule has 0 radical (unpaired) electrons. The fourth-order valence-electron chi connectivity index (χ4n) is 3.07. The van der Waals surface area contributed by atoms with Crippen LogP contribution in [-0.4, -0.2) is 11.2 Å². The molecule has 1 N–H and O–H groups in total. The van der Waals surface area contributed by atoms with Gasteiger partial charge in [-0.1, -0.05) is 19.8 Å². The molecule has 0 aromatic rings. The van der Waals surface area contributed by atoms with Crippen molar-refractivity contribution >= 4 is 0 Å². The van der Waals surface area contributed by atoms with Gasteiger partial charge in [-0.15, -0.1) is 0 Å². The first kappa shape index (κ1) is 7.60. The average molecular weight is 154 g/mol. The molecule has 0 bridgehead atoms. The standard InChI is InChI=1S/C10H18O/c1-10-6-3-2-4-8(10)9(11)5-7-10/h8-9,11H,2-7H2,1H3/t8-,9+,10+/m0/s1. The van der Waals surface area contributed by atoms with Gasteiger partial charge in [-0.05, 0) is 37.0 Å². The molecule has 0 saturated heterocycles. The van der Waals surface area contributed by atoms with Crippen molar-refractivity contribution in [2.45, 2.75) is 51.6 Å². The molecule has 3 atom stereocenters. The molecule has 0 heterocycles. The first-order valence-electron chi connectivity index (χ1n) is 4.90. The summed E-state index contributed by atoms with van der Waals surface area (Å²) in [7, 11) is 0. The first-order chi connectivity index (χ1) is 5.22. The lowest BCUT2D eigenvalue weighted by atomic mass is 9.69. The number of aliphatic hydroxyl groups excluding tert-OH is 1. The number of rotatable bonds is 0. The summed E-state index contributed by atoms with van der Waals surface area (Å²) in [6.07, 6.45) is 7.71. The van der Waals surface area contributed by atoms with E-state index in [0.29, 0.717) is 11.3 Å². The highest BCUT2D eigenvalue weighted by Crippen LogP contribution is 2.51. The lowest BCUT2D eigenvalue weighted by molar-refractivity contribution is 0.0539. The highest BCUT2D eigenvalue weighted by atomic mass is 16.3. The summed E-state index contributed by atoms with van der Waals surface area (Å²) in [5.41, 5.74) is 0.512. The van der Waals surface area contributed by atoms with Gasteiger partial charge in [0.25, 0.3) is 0 Å². The van der Waals surface area contributed by atoms with E-state index in [9.17, 15) is 5.11 Å². The Morgan fingerprint density at radius 2 is 2.00 bits per heavy atom. The molecule has 0 aromatic carbocycles. The minimum Gasteiger partial charge on any atom is -0.393 e. The molecular formula is C10H18O. The molecule has 0 aromatic heterocycles. The third-order valence-electron chi connectivity index (χ3n) is 3.88. The van der Waals surface area contributed by atoms with Crippen LogP contribution < -0.4 is 0 Å². The highest BCUT2D eigenvalue weighted by Gasteiger charge is 2.45. The van der Waals surface area contributed by atoms with Crippen molar-refractivity contribution in [1.29, 1.82) is 0 Å². The second-order valence-electron chi connectivity index (χ2n) is 4.61. The van der Waals surface area contributed by atoms with E-state index < -0.39 is 0 Å². The van der Waals surface area contributed by atoms with Crippen molar-refractivity contribution in [3.05, 3.63) is 0 Å². The van der Waals surface area contributed by atoms with Gasteiger partial charge in [-0.2, -0.15) is 0 Å². The zero-order valence-corrected chi connectivity index (χ0v) is 7.34. The van der Waals surface area contributed by atoms with E-state index in [1.807, 2.05) is 0 Å². The van der Waals surface area contributed by atoms with E-state index >= 15 is 0 Å². The largest absolute Gasteiger partial charge is 0.393 e.